The summed E-state index contributed by atoms with van der Waals surface area (Å²) in [5.41, 5.74) is 1.43. The van der Waals surface area contributed by atoms with Gasteiger partial charge in [-0.3, -0.25) is 14.2 Å². The fourth-order valence-electron chi connectivity index (χ4n) is 3.15. The van der Waals surface area contributed by atoms with E-state index in [-0.39, 0.29) is 18.8 Å². The fourth-order valence-corrected chi connectivity index (χ4v) is 3.15. The van der Waals surface area contributed by atoms with Gasteiger partial charge in [-0.1, -0.05) is 36.4 Å². The molecule has 1 aromatic heterocycles. The molecule has 1 amide bonds. The average molecular weight is 408 g/mol. The zero-order valence-electron chi connectivity index (χ0n) is 17.2. The van der Waals surface area contributed by atoms with Crippen LogP contribution in [0.4, 0.5) is 0 Å². The number of ether oxygens (including phenoxy) is 1. The SMILES string of the molecule is COCCNC(=O)c1nn(-c2cc(C)cc(C)c2)c(=O)n(Cc2ccccc2)c1=O. The van der Waals surface area contributed by atoms with Crippen LogP contribution in [-0.2, 0) is 11.3 Å². The van der Waals surface area contributed by atoms with Crippen LogP contribution in [0.25, 0.3) is 5.69 Å². The number of carbonyl (C=O) groups excluding carboxylic acids is 1. The molecular weight excluding hydrogens is 384 g/mol. The smallest absolute Gasteiger partial charge is 0.352 e. The van der Waals surface area contributed by atoms with E-state index in [4.69, 9.17) is 4.74 Å². The molecule has 2 aromatic carbocycles. The largest absolute Gasteiger partial charge is 0.383 e. The van der Waals surface area contributed by atoms with E-state index < -0.39 is 17.2 Å². The molecular formula is C22H24N4O4. The zero-order chi connectivity index (χ0) is 21.7. The first-order chi connectivity index (χ1) is 14.4. The summed E-state index contributed by atoms with van der Waals surface area (Å²) < 4.78 is 7.07. The lowest BCUT2D eigenvalue weighted by molar-refractivity contribution is 0.0927. The highest BCUT2D eigenvalue weighted by Gasteiger charge is 2.20. The quantitative estimate of drug-likeness (QED) is 0.597. The van der Waals surface area contributed by atoms with Gasteiger partial charge in [0.05, 0.1) is 18.8 Å². The van der Waals surface area contributed by atoms with Crippen molar-refractivity contribution in [2.24, 2.45) is 0 Å². The van der Waals surface area contributed by atoms with Gasteiger partial charge in [0, 0.05) is 13.7 Å². The van der Waals surface area contributed by atoms with Gasteiger partial charge in [0.1, 0.15) is 0 Å². The Labute approximate surface area is 173 Å². The van der Waals surface area contributed by atoms with Gasteiger partial charge in [-0.25, -0.2) is 4.79 Å². The highest BCUT2D eigenvalue weighted by molar-refractivity contribution is 5.91. The maximum absolute atomic E-state index is 13.2. The maximum Gasteiger partial charge on any atom is 0.352 e. The van der Waals surface area contributed by atoms with E-state index in [1.165, 1.54) is 7.11 Å². The van der Waals surface area contributed by atoms with Crippen LogP contribution in [0.15, 0.2) is 58.1 Å². The number of rotatable bonds is 7. The van der Waals surface area contributed by atoms with Gasteiger partial charge in [-0.05, 0) is 42.7 Å². The number of aromatic nitrogens is 3. The van der Waals surface area contributed by atoms with E-state index in [1.54, 1.807) is 12.1 Å². The molecule has 0 saturated carbocycles. The van der Waals surface area contributed by atoms with Crippen molar-refractivity contribution in [2.75, 3.05) is 20.3 Å². The van der Waals surface area contributed by atoms with Crippen molar-refractivity contribution in [3.05, 3.63) is 91.8 Å². The Kier molecular flexibility index (Phi) is 6.58. The molecule has 0 aliphatic heterocycles. The Balaban J connectivity index is 2.17. The van der Waals surface area contributed by atoms with Crippen LogP contribution >= 0.6 is 0 Å². The minimum Gasteiger partial charge on any atom is -0.383 e. The summed E-state index contributed by atoms with van der Waals surface area (Å²) >= 11 is 0. The number of nitrogens with zero attached hydrogens (tertiary/aromatic N) is 3. The molecule has 0 spiro atoms. The Morgan fingerprint density at radius 2 is 1.73 bits per heavy atom. The Morgan fingerprint density at radius 3 is 2.37 bits per heavy atom. The topological polar surface area (TPSA) is 95.2 Å². The number of nitrogens with one attached hydrogen (secondary N) is 1. The van der Waals surface area contributed by atoms with Crippen LogP contribution in [0.3, 0.4) is 0 Å². The second kappa shape index (κ2) is 9.32. The third-order valence-electron chi connectivity index (χ3n) is 4.50. The molecule has 0 aliphatic rings. The summed E-state index contributed by atoms with van der Waals surface area (Å²) in [5.74, 6) is -0.656. The van der Waals surface area contributed by atoms with Crippen molar-refractivity contribution < 1.29 is 9.53 Å². The van der Waals surface area contributed by atoms with E-state index in [1.807, 2.05) is 50.2 Å². The highest BCUT2D eigenvalue weighted by Crippen LogP contribution is 2.11. The monoisotopic (exact) mass is 408 g/mol. The predicted molar refractivity (Wildman–Crippen MR) is 113 cm³/mol. The van der Waals surface area contributed by atoms with Gasteiger partial charge >= 0.3 is 5.69 Å². The molecule has 3 rings (SSSR count). The van der Waals surface area contributed by atoms with E-state index >= 15 is 0 Å². The molecule has 0 atom stereocenters. The third-order valence-corrected chi connectivity index (χ3v) is 4.50. The summed E-state index contributed by atoms with van der Waals surface area (Å²) in [6, 6.07) is 14.6. The molecule has 156 valence electrons. The normalized spacial score (nSPS) is 10.8. The summed E-state index contributed by atoms with van der Waals surface area (Å²) in [4.78, 5) is 38.8. The lowest BCUT2D eigenvalue weighted by atomic mass is 10.1. The first-order valence-corrected chi connectivity index (χ1v) is 9.54. The minimum atomic E-state index is -0.737. The highest BCUT2D eigenvalue weighted by atomic mass is 16.5. The van der Waals surface area contributed by atoms with Gasteiger partial charge in [0.25, 0.3) is 11.5 Å². The predicted octanol–water partition coefficient (Wildman–Crippen LogP) is 1.44. The Hall–Kier alpha value is -3.52. The Morgan fingerprint density at radius 1 is 1.07 bits per heavy atom. The van der Waals surface area contributed by atoms with Crippen molar-refractivity contribution in [1.29, 1.82) is 0 Å². The van der Waals surface area contributed by atoms with Crippen molar-refractivity contribution in [2.45, 2.75) is 20.4 Å². The molecule has 1 N–H and O–H groups in total. The molecule has 1 heterocycles. The number of carbonyl (C=O) groups is 1. The minimum absolute atomic E-state index is 0.0319. The number of hydrogen-bond acceptors (Lipinski definition) is 5. The molecule has 3 aromatic rings. The lowest BCUT2D eigenvalue weighted by Crippen LogP contribution is -2.46. The maximum atomic E-state index is 13.2. The van der Waals surface area contributed by atoms with Gasteiger partial charge in [0.15, 0.2) is 0 Å². The van der Waals surface area contributed by atoms with E-state index in [2.05, 4.69) is 10.4 Å². The van der Waals surface area contributed by atoms with E-state index in [0.29, 0.717) is 12.3 Å². The average Bonchev–Trinajstić information content (AvgIpc) is 2.71. The fraction of sp³-hybridized carbons (Fsp3) is 0.273. The van der Waals surface area contributed by atoms with E-state index in [9.17, 15) is 14.4 Å². The number of hydrogen-bond donors (Lipinski definition) is 1. The van der Waals surface area contributed by atoms with Crippen LogP contribution < -0.4 is 16.6 Å². The van der Waals surface area contributed by atoms with Crippen molar-refractivity contribution in [1.82, 2.24) is 19.7 Å². The van der Waals surface area contributed by atoms with Gasteiger partial charge < -0.3 is 10.1 Å². The van der Waals surface area contributed by atoms with Crippen LogP contribution in [0.2, 0.25) is 0 Å². The summed E-state index contributed by atoms with van der Waals surface area (Å²) in [5, 5.41) is 6.72. The number of methoxy groups -OCH3 is 1. The summed E-state index contributed by atoms with van der Waals surface area (Å²) in [7, 11) is 1.51. The molecule has 0 fully saturated rings. The molecule has 0 radical (unpaired) electrons. The second-order valence-corrected chi connectivity index (χ2v) is 7.01. The van der Waals surface area contributed by atoms with E-state index in [0.717, 1.165) is 25.9 Å². The van der Waals surface area contributed by atoms with Crippen LogP contribution in [-0.4, -0.2) is 40.5 Å². The van der Waals surface area contributed by atoms with Crippen molar-refractivity contribution in [3.8, 4) is 5.69 Å². The van der Waals surface area contributed by atoms with Gasteiger partial charge in [0.2, 0.25) is 5.69 Å². The number of aryl methyl sites for hydroxylation is 2. The Bertz CT molecular complexity index is 1150. The van der Waals surface area contributed by atoms with Crippen molar-refractivity contribution in [3.63, 3.8) is 0 Å². The summed E-state index contributed by atoms with van der Waals surface area (Å²) in [6.07, 6.45) is 0. The number of benzene rings is 2. The lowest BCUT2D eigenvalue weighted by Gasteiger charge is -2.13. The summed E-state index contributed by atoms with van der Waals surface area (Å²) in [6.45, 7) is 4.35. The van der Waals surface area contributed by atoms with Gasteiger partial charge in [-0.15, -0.1) is 0 Å². The molecule has 0 bridgehead atoms. The molecule has 8 nitrogen and oxygen atoms in total. The van der Waals surface area contributed by atoms with Crippen LogP contribution in [0.5, 0.6) is 0 Å². The first-order valence-electron chi connectivity index (χ1n) is 9.54. The number of amides is 1. The zero-order valence-corrected chi connectivity index (χ0v) is 17.2. The third kappa shape index (κ3) is 4.72. The second-order valence-electron chi connectivity index (χ2n) is 7.01. The standard InChI is InChI=1S/C22H24N4O4/c1-15-11-16(2)13-18(12-15)26-22(29)25(14-17-7-5-4-6-8-17)21(28)19(24-26)20(27)23-9-10-30-3/h4-8,11-13H,9-10,14H2,1-3H3,(H,23,27). The molecule has 0 aliphatic carbocycles. The first kappa shape index (κ1) is 21.2. The molecule has 30 heavy (non-hydrogen) atoms. The molecule has 8 heteroatoms. The van der Waals surface area contributed by atoms with Gasteiger partial charge in [-0.2, -0.15) is 9.78 Å². The molecule has 0 unspecified atom stereocenters. The molecule has 0 saturated heterocycles. The van der Waals surface area contributed by atoms with Crippen LogP contribution in [0, 0.1) is 13.8 Å². The van der Waals surface area contributed by atoms with Crippen molar-refractivity contribution >= 4 is 5.91 Å². The van der Waals surface area contributed by atoms with Crippen LogP contribution in [0.1, 0.15) is 27.2 Å².